The molecule has 222 valence electrons. The van der Waals surface area contributed by atoms with Gasteiger partial charge in [-0.3, -0.25) is 10.1 Å². The van der Waals surface area contributed by atoms with E-state index >= 15 is 0 Å². The van der Waals surface area contributed by atoms with Crippen LogP contribution in [0.4, 0.5) is 5.69 Å². The summed E-state index contributed by atoms with van der Waals surface area (Å²) in [5.74, 6) is 0. The molecule has 2 fully saturated rings. The molecule has 0 bridgehead atoms. The van der Waals surface area contributed by atoms with Crippen molar-refractivity contribution in [3.8, 4) is 0 Å². The summed E-state index contributed by atoms with van der Waals surface area (Å²) in [5, 5.41) is 20.2. The molecule has 0 atom stereocenters. The van der Waals surface area contributed by atoms with Crippen LogP contribution in [0.15, 0.2) is 98.5 Å². The molecule has 0 unspecified atom stereocenters. The number of allylic oxidation sites excluding steroid dienone is 4. The molecular weight excluding hydrogens is 542 g/mol. The average molecular weight is 580 g/mol. The molecule has 6 rings (SSSR count). The molecule has 0 aromatic heterocycles. The molecule has 0 saturated carbocycles. The van der Waals surface area contributed by atoms with Crippen LogP contribution >= 0.6 is 0 Å². The molecule has 2 heterocycles. The Bertz CT molecular complexity index is 1490. The topological polar surface area (TPSA) is 92.8 Å². The molecule has 2 saturated heterocycles. The molecule has 0 spiro atoms. The summed E-state index contributed by atoms with van der Waals surface area (Å²) in [6, 6.07) is 17.2. The smallest absolute Gasteiger partial charge is 0.269 e. The minimum atomic E-state index is -0.369. The fraction of sp³-hybridized carbons (Fsp3) is 0.353. The number of rotatable bonds is 8. The van der Waals surface area contributed by atoms with Gasteiger partial charge in [-0.1, -0.05) is 30.3 Å². The third kappa shape index (κ3) is 7.01. The summed E-state index contributed by atoms with van der Waals surface area (Å²) in [5.41, 5.74) is 9.64. The first-order valence-corrected chi connectivity index (χ1v) is 15.1. The van der Waals surface area contributed by atoms with Crippen molar-refractivity contribution in [3.63, 3.8) is 0 Å². The number of non-ortho nitro benzene ring substituents is 1. The third-order valence-corrected chi connectivity index (χ3v) is 8.28. The Morgan fingerprint density at radius 2 is 1.12 bits per heavy atom. The standard InChI is InChI=1S/C34H37N5O4/c40-39(41)32-12-6-27(7-13-32)23-29-9-11-31(34(29)38-16-20-43-21-17-38)25-36-35-24-30-10-8-28(22-26-4-2-1-3-5-26)33(30)37-14-18-42-19-15-37/h1-7,12-13,22-25H,8-11,14-21H2/b28-22+,29-23-,35-24+,36-25?. The van der Waals surface area contributed by atoms with E-state index in [0.29, 0.717) is 13.2 Å². The van der Waals surface area contributed by atoms with Crippen molar-refractivity contribution in [1.82, 2.24) is 9.80 Å². The first kappa shape index (κ1) is 28.8. The Balaban J connectivity index is 1.26. The number of ether oxygens (including phenoxy) is 2. The molecule has 0 radical (unpaired) electrons. The van der Waals surface area contributed by atoms with Gasteiger partial charge in [0.2, 0.25) is 0 Å². The molecule has 0 N–H and O–H groups in total. The SMILES string of the molecule is O=[N+]([O-])c1ccc(/C=C2/CCC(C=N/N=C/C3=C(N4CCOCC4)C(=C/c4ccccc4)/CC3)=C2N2CCOCC2)cc1. The van der Waals surface area contributed by atoms with Crippen LogP contribution in [0.3, 0.4) is 0 Å². The number of hydrogen-bond donors (Lipinski definition) is 0. The van der Waals surface area contributed by atoms with Gasteiger partial charge in [-0.15, -0.1) is 0 Å². The van der Waals surface area contributed by atoms with Gasteiger partial charge in [0, 0.05) is 49.7 Å². The molecule has 43 heavy (non-hydrogen) atoms. The van der Waals surface area contributed by atoms with E-state index in [-0.39, 0.29) is 10.6 Å². The van der Waals surface area contributed by atoms with Crippen LogP contribution in [0.5, 0.6) is 0 Å². The van der Waals surface area contributed by atoms with Gasteiger partial charge in [0.25, 0.3) is 5.69 Å². The first-order chi connectivity index (χ1) is 21.2. The van der Waals surface area contributed by atoms with Gasteiger partial charge in [0.15, 0.2) is 0 Å². The highest BCUT2D eigenvalue weighted by Crippen LogP contribution is 2.36. The van der Waals surface area contributed by atoms with Crippen LogP contribution in [0, 0.1) is 10.1 Å². The normalized spacial score (nSPS) is 21.9. The van der Waals surface area contributed by atoms with Crippen molar-refractivity contribution in [2.75, 3.05) is 52.6 Å². The van der Waals surface area contributed by atoms with E-state index in [1.165, 1.54) is 33.7 Å². The molecule has 0 amide bonds. The van der Waals surface area contributed by atoms with E-state index in [0.717, 1.165) is 76.2 Å². The van der Waals surface area contributed by atoms with Crippen LogP contribution in [-0.4, -0.2) is 79.8 Å². The Morgan fingerprint density at radius 1 is 0.651 bits per heavy atom. The quantitative estimate of drug-likeness (QED) is 0.220. The summed E-state index contributed by atoms with van der Waals surface area (Å²) in [4.78, 5) is 15.5. The number of morpholine rings is 2. The van der Waals surface area contributed by atoms with Crippen molar-refractivity contribution < 1.29 is 14.4 Å². The van der Waals surface area contributed by atoms with E-state index in [1.54, 1.807) is 24.3 Å². The van der Waals surface area contributed by atoms with Crippen LogP contribution in [0.2, 0.25) is 0 Å². The van der Waals surface area contributed by atoms with Gasteiger partial charge in [-0.25, -0.2) is 0 Å². The summed E-state index contributed by atoms with van der Waals surface area (Å²) in [6.07, 6.45) is 11.9. The third-order valence-electron chi connectivity index (χ3n) is 8.28. The van der Waals surface area contributed by atoms with E-state index in [4.69, 9.17) is 9.47 Å². The average Bonchev–Trinajstić information content (AvgIpc) is 3.64. The second kappa shape index (κ2) is 13.8. The number of nitrogens with zero attached hydrogens (tertiary/aromatic N) is 5. The van der Waals surface area contributed by atoms with E-state index < -0.39 is 0 Å². The monoisotopic (exact) mass is 579 g/mol. The van der Waals surface area contributed by atoms with Gasteiger partial charge >= 0.3 is 0 Å². The van der Waals surface area contributed by atoms with E-state index in [9.17, 15) is 10.1 Å². The van der Waals surface area contributed by atoms with Crippen molar-refractivity contribution in [3.05, 3.63) is 110 Å². The predicted molar refractivity (Wildman–Crippen MR) is 170 cm³/mol. The number of nitro groups is 1. The molecular formula is C34H37N5O4. The van der Waals surface area contributed by atoms with Gasteiger partial charge in [-0.2, -0.15) is 10.2 Å². The van der Waals surface area contributed by atoms with Crippen LogP contribution in [-0.2, 0) is 9.47 Å². The number of hydrogen-bond acceptors (Lipinski definition) is 8. The van der Waals surface area contributed by atoms with E-state index in [1.807, 2.05) is 18.5 Å². The molecule has 9 heteroatoms. The van der Waals surface area contributed by atoms with Crippen LogP contribution < -0.4 is 0 Å². The minimum Gasteiger partial charge on any atom is -0.378 e. The number of benzene rings is 2. The minimum absolute atomic E-state index is 0.0973. The number of nitro benzene ring substituents is 1. The zero-order valence-electron chi connectivity index (χ0n) is 24.4. The van der Waals surface area contributed by atoms with Gasteiger partial charge in [0.05, 0.1) is 43.8 Å². The fourth-order valence-corrected chi connectivity index (χ4v) is 6.19. The lowest BCUT2D eigenvalue weighted by Gasteiger charge is -2.31. The fourth-order valence-electron chi connectivity index (χ4n) is 6.19. The Kier molecular flexibility index (Phi) is 9.20. The summed E-state index contributed by atoms with van der Waals surface area (Å²) in [6.45, 7) is 6.24. The predicted octanol–water partition coefficient (Wildman–Crippen LogP) is 5.88. The Morgan fingerprint density at radius 3 is 1.58 bits per heavy atom. The second-order valence-corrected chi connectivity index (χ2v) is 11.0. The highest BCUT2D eigenvalue weighted by atomic mass is 16.6. The molecule has 2 aromatic rings. The highest BCUT2D eigenvalue weighted by molar-refractivity contribution is 5.86. The largest absolute Gasteiger partial charge is 0.378 e. The lowest BCUT2D eigenvalue weighted by molar-refractivity contribution is -0.384. The Hall–Kier alpha value is -4.34. The van der Waals surface area contributed by atoms with Gasteiger partial charge < -0.3 is 19.3 Å². The van der Waals surface area contributed by atoms with Crippen LogP contribution in [0.1, 0.15) is 36.8 Å². The van der Waals surface area contributed by atoms with Crippen molar-refractivity contribution >= 4 is 30.3 Å². The highest BCUT2D eigenvalue weighted by Gasteiger charge is 2.27. The van der Waals surface area contributed by atoms with Gasteiger partial charge in [0.1, 0.15) is 0 Å². The second-order valence-electron chi connectivity index (χ2n) is 11.0. The zero-order valence-corrected chi connectivity index (χ0v) is 24.4. The molecule has 9 nitrogen and oxygen atoms in total. The van der Waals surface area contributed by atoms with E-state index in [2.05, 4.69) is 56.4 Å². The zero-order chi connectivity index (χ0) is 29.4. The lowest BCUT2D eigenvalue weighted by atomic mass is 10.1. The summed E-state index contributed by atoms with van der Waals surface area (Å²) in [7, 11) is 0. The van der Waals surface area contributed by atoms with Crippen molar-refractivity contribution in [2.45, 2.75) is 25.7 Å². The molecule has 4 aliphatic rings. The maximum atomic E-state index is 11.1. The lowest BCUT2D eigenvalue weighted by Crippen LogP contribution is -2.36. The maximum Gasteiger partial charge on any atom is 0.269 e. The molecule has 2 aliphatic heterocycles. The summed E-state index contributed by atoms with van der Waals surface area (Å²) < 4.78 is 11.3. The molecule has 2 aromatic carbocycles. The van der Waals surface area contributed by atoms with Gasteiger partial charge in [-0.05, 0) is 83.4 Å². The molecule has 2 aliphatic carbocycles. The van der Waals surface area contributed by atoms with Crippen LogP contribution in [0.25, 0.3) is 12.2 Å². The summed E-state index contributed by atoms with van der Waals surface area (Å²) >= 11 is 0. The maximum absolute atomic E-state index is 11.1. The first-order valence-electron chi connectivity index (χ1n) is 15.1. The van der Waals surface area contributed by atoms with Crippen molar-refractivity contribution in [2.24, 2.45) is 10.2 Å². The Labute approximate surface area is 252 Å². The van der Waals surface area contributed by atoms with Crippen molar-refractivity contribution in [1.29, 1.82) is 0 Å².